The number of nitrogens with zero attached hydrogens (tertiary/aromatic N) is 1. The van der Waals surface area contributed by atoms with Crippen LogP contribution in [0.2, 0.25) is 0 Å². The molecular formula is C20H14N2O2S. The molecule has 5 heteroatoms. The Kier molecular flexibility index (Phi) is 3.91. The van der Waals surface area contributed by atoms with Gasteiger partial charge in [-0.1, -0.05) is 42.5 Å². The van der Waals surface area contributed by atoms with Crippen molar-refractivity contribution < 1.29 is 9.59 Å². The summed E-state index contributed by atoms with van der Waals surface area (Å²) >= 11 is 1.44. The van der Waals surface area contributed by atoms with E-state index in [-0.39, 0.29) is 11.8 Å². The largest absolute Gasteiger partial charge is 0.350 e. The summed E-state index contributed by atoms with van der Waals surface area (Å²) in [6.45, 7) is 0. The molecule has 25 heavy (non-hydrogen) atoms. The maximum atomic E-state index is 13.0. The Morgan fingerprint density at radius 2 is 1.44 bits per heavy atom. The smallest absolute Gasteiger partial charge is 0.282 e. The number of imide groups is 1. The molecular weight excluding hydrogens is 332 g/mol. The molecule has 0 radical (unpaired) electrons. The van der Waals surface area contributed by atoms with E-state index in [1.807, 2.05) is 66.0 Å². The van der Waals surface area contributed by atoms with Crippen molar-refractivity contribution in [3.05, 3.63) is 88.8 Å². The number of amides is 2. The summed E-state index contributed by atoms with van der Waals surface area (Å²) in [4.78, 5) is 28.0. The van der Waals surface area contributed by atoms with E-state index in [1.54, 1.807) is 12.1 Å². The van der Waals surface area contributed by atoms with Gasteiger partial charge in [-0.3, -0.25) is 9.59 Å². The highest BCUT2D eigenvalue weighted by Gasteiger charge is 2.40. The number of nitrogens with one attached hydrogen (secondary N) is 1. The minimum absolute atomic E-state index is 0.308. The van der Waals surface area contributed by atoms with E-state index in [4.69, 9.17) is 0 Å². The fourth-order valence-electron chi connectivity index (χ4n) is 2.77. The van der Waals surface area contributed by atoms with Gasteiger partial charge < -0.3 is 5.32 Å². The van der Waals surface area contributed by atoms with Crippen molar-refractivity contribution in [2.75, 3.05) is 10.2 Å². The Morgan fingerprint density at radius 3 is 2.08 bits per heavy atom. The summed E-state index contributed by atoms with van der Waals surface area (Å²) in [5.41, 5.74) is 2.05. The lowest BCUT2D eigenvalue weighted by Crippen LogP contribution is -2.32. The van der Waals surface area contributed by atoms with Gasteiger partial charge in [-0.2, -0.15) is 0 Å². The number of anilines is 2. The summed E-state index contributed by atoms with van der Waals surface area (Å²) in [7, 11) is 0. The topological polar surface area (TPSA) is 49.4 Å². The van der Waals surface area contributed by atoms with Gasteiger partial charge in [-0.15, -0.1) is 11.3 Å². The molecule has 1 aliphatic rings. The van der Waals surface area contributed by atoms with Crippen LogP contribution in [0.15, 0.2) is 83.9 Å². The SMILES string of the molecule is O=C1C(Nc2ccccc2)=C(c2cccs2)C(=O)N1c1ccccc1. The average Bonchev–Trinajstić information content (AvgIpc) is 3.24. The number of thiophene rings is 1. The lowest BCUT2D eigenvalue weighted by molar-refractivity contribution is -0.120. The predicted molar refractivity (Wildman–Crippen MR) is 100 cm³/mol. The van der Waals surface area contributed by atoms with Crippen molar-refractivity contribution in [2.45, 2.75) is 0 Å². The van der Waals surface area contributed by atoms with Gasteiger partial charge in [0.2, 0.25) is 0 Å². The third-order valence-corrected chi connectivity index (χ3v) is 4.80. The van der Waals surface area contributed by atoms with Gasteiger partial charge in [0.1, 0.15) is 5.70 Å². The van der Waals surface area contributed by atoms with Crippen LogP contribution >= 0.6 is 11.3 Å². The minimum atomic E-state index is -0.344. The zero-order valence-corrected chi connectivity index (χ0v) is 14.0. The fourth-order valence-corrected chi connectivity index (χ4v) is 3.54. The number of rotatable bonds is 4. The van der Waals surface area contributed by atoms with Crippen molar-refractivity contribution in [2.24, 2.45) is 0 Å². The zero-order valence-electron chi connectivity index (χ0n) is 13.2. The number of carbonyl (C=O) groups is 2. The minimum Gasteiger partial charge on any atom is -0.350 e. The maximum absolute atomic E-state index is 13.0. The summed E-state index contributed by atoms with van der Waals surface area (Å²) < 4.78 is 0. The van der Waals surface area contributed by atoms with E-state index in [2.05, 4.69) is 5.32 Å². The average molecular weight is 346 g/mol. The Labute approximate surface area is 149 Å². The normalized spacial score (nSPS) is 14.3. The fraction of sp³-hybridized carbons (Fsp3) is 0. The van der Waals surface area contributed by atoms with Crippen molar-refractivity contribution >= 4 is 40.1 Å². The Morgan fingerprint density at radius 1 is 0.760 bits per heavy atom. The van der Waals surface area contributed by atoms with Gasteiger partial charge in [0.25, 0.3) is 11.8 Å². The van der Waals surface area contributed by atoms with Crippen LogP contribution in [0, 0.1) is 0 Å². The molecule has 2 amide bonds. The highest BCUT2D eigenvalue weighted by Crippen LogP contribution is 2.35. The molecule has 122 valence electrons. The number of hydrogen-bond acceptors (Lipinski definition) is 4. The van der Waals surface area contributed by atoms with Gasteiger partial charge in [-0.25, -0.2) is 4.90 Å². The summed E-state index contributed by atoms with van der Waals surface area (Å²) in [5.74, 6) is -0.652. The number of hydrogen-bond donors (Lipinski definition) is 1. The molecule has 0 atom stereocenters. The van der Waals surface area contributed by atoms with Crippen molar-refractivity contribution in [3.63, 3.8) is 0 Å². The predicted octanol–water partition coefficient (Wildman–Crippen LogP) is 4.14. The molecule has 0 bridgehead atoms. The number of para-hydroxylation sites is 2. The second-order valence-electron chi connectivity index (χ2n) is 5.50. The lowest BCUT2D eigenvalue weighted by atomic mass is 10.2. The zero-order chi connectivity index (χ0) is 17.2. The Bertz CT molecular complexity index is 948. The number of benzene rings is 2. The van der Waals surface area contributed by atoms with E-state index in [0.29, 0.717) is 17.0 Å². The van der Waals surface area contributed by atoms with E-state index >= 15 is 0 Å². The van der Waals surface area contributed by atoms with E-state index in [9.17, 15) is 9.59 Å². The van der Waals surface area contributed by atoms with Crippen LogP contribution in [0.5, 0.6) is 0 Å². The van der Waals surface area contributed by atoms with Crippen LogP contribution in [-0.4, -0.2) is 11.8 Å². The van der Waals surface area contributed by atoms with Gasteiger partial charge >= 0.3 is 0 Å². The molecule has 0 unspecified atom stereocenters. The standard InChI is InChI=1S/C20H14N2O2S/c23-19-17(16-12-7-13-25-16)18(21-14-8-3-1-4-9-14)20(24)22(19)15-10-5-2-6-11-15/h1-13,21H. The molecule has 0 saturated heterocycles. The van der Waals surface area contributed by atoms with Crippen LogP contribution in [0.4, 0.5) is 11.4 Å². The first-order valence-corrected chi connectivity index (χ1v) is 8.68. The van der Waals surface area contributed by atoms with Crippen molar-refractivity contribution in [1.82, 2.24) is 0 Å². The molecule has 4 nitrogen and oxygen atoms in total. The molecule has 3 aromatic rings. The van der Waals surface area contributed by atoms with Crippen LogP contribution in [0.3, 0.4) is 0 Å². The number of carbonyl (C=O) groups excluding carboxylic acids is 2. The highest BCUT2D eigenvalue weighted by atomic mass is 32.1. The molecule has 1 aliphatic heterocycles. The molecule has 1 N–H and O–H groups in total. The first-order valence-electron chi connectivity index (χ1n) is 7.80. The third kappa shape index (κ3) is 2.75. The summed E-state index contributed by atoms with van der Waals surface area (Å²) in [6.07, 6.45) is 0. The molecule has 0 saturated carbocycles. The molecule has 0 aliphatic carbocycles. The maximum Gasteiger partial charge on any atom is 0.282 e. The third-order valence-electron chi connectivity index (χ3n) is 3.91. The van der Waals surface area contributed by atoms with Crippen LogP contribution in [0.25, 0.3) is 5.57 Å². The van der Waals surface area contributed by atoms with E-state index in [1.165, 1.54) is 16.2 Å². The molecule has 2 heterocycles. The van der Waals surface area contributed by atoms with Gasteiger partial charge in [0, 0.05) is 10.6 Å². The van der Waals surface area contributed by atoms with Crippen LogP contribution in [0.1, 0.15) is 4.88 Å². The van der Waals surface area contributed by atoms with Crippen molar-refractivity contribution in [1.29, 1.82) is 0 Å². The summed E-state index contributed by atoms with van der Waals surface area (Å²) in [5, 5.41) is 5.03. The van der Waals surface area contributed by atoms with Crippen LogP contribution in [-0.2, 0) is 9.59 Å². The first kappa shape index (κ1) is 15.4. The molecule has 4 rings (SSSR count). The van der Waals surface area contributed by atoms with Gasteiger partial charge in [0.05, 0.1) is 11.3 Å². The van der Waals surface area contributed by atoms with Crippen molar-refractivity contribution in [3.8, 4) is 0 Å². The van der Waals surface area contributed by atoms with E-state index < -0.39 is 0 Å². The second kappa shape index (κ2) is 6.37. The monoisotopic (exact) mass is 346 g/mol. The van der Waals surface area contributed by atoms with Gasteiger partial charge in [0.15, 0.2) is 0 Å². The highest BCUT2D eigenvalue weighted by molar-refractivity contribution is 7.11. The molecule has 0 fully saturated rings. The summed E-state index contributed by atoms with van der Waals surface area (Å²) in [6, 6.07) is 22.1. The van der Waals surface area contributed by atoms with Crippen LogP contribution < -0.4 is 10.2 Å². The quantitative estimate of drug-likeness (QED) is 0.722. The van der Waals surface area contributed by atoms with Gasteiger partial charge in [-0.05, 0) is 35.7 Å². The lowest BCUT2D eigenvalue weighted by Gasteiger charge is -2.15. The molecule has 1 aromatic heterocycles. The Balaban J connectivity index is 1.81. The second-order valence-corrected chi connectivity index (χ2v) is 6.45. The first-order chi connectivity index (χ1) is 12.3. The molecule has 0 spiro atoms. The van der Waals surface area contributed by atoms with E-state index in [0.717, 1.165) is 10.6 Å². The Hall–Kier alpha value is -3.18. The molecule has 2 aromatic carbocycles.